The summed E-state index contributed by atoms with van der Waals surface area (Å²) in [7, 11) is 0. The van der Waals surface area contributed by atoms with Crippen LogP contribution in [-0.4, -0.2) is 40.8 Å². The molecular weight excluding hydrogens is 372 g/mol. The van der Waals surface area contributed by atoms with Gasteiger partial charge in [-0.05, 0) is 34.1 Å². The molecule has 2 atom stereocenters. The number of carbonyl (C=O) groups excluding carboxylic acids is 2. The van der Waals surface area contributed by atoms with Crippen molar-refractivity contribution in [3.8, 4) is 0 Å². The quantitative estimate of drug-likeness (QED) is 0.334. The molecule has 0 aromatic carbocycles. The van der Waals surface area contributed by atoms with Crippen LogP contribution in [0, 0.1) is 0 Å². The molecule has 0 aliphatic heterocycles. The van der Waals surface area contributed by atoms with Crippen molar-refractivity contribution in [2.45, 2.75) is 123 Å². The van der Waals surface area contributed by atoms with E-state index in [0.717, 1.165) is 19.3 Å². The Morgan fingerprint density at radius 3 is 1.79 bits per heavy atom. The molecule has 0 aromatic heterocycles. The molecule has 0 spiro atoms. The summed E-state index contributed by atoms with van der Waals surface area (Å²) in [6, 6.07) is -1.82. The van der Waals surface area contributed by atoms with Gasteiger partial charge in [0.15, 0.2) is 0 Å². The molecule has 0 bridgehead atoms. The van der Waals surface area contributed by atoms with Gasteiger partial charge in [0.2, 0.25) is 5.91 Å². The van der Waals surface area contributed by atoms with Crippen molar-refractivity contribution in [3.05, 3.63) is 0 Å². The summed E-state index contributed by atoms with van der Waals surface area (Å²) in [5, 5.41) is 14.3. The standard InChI is InChI=1S/C22H42N2O5/c1-6-7-8-9-10-11-12-13-14-15-16-18(20(26)27)24-19(25)17(2)23-21(28)29-22(3,4)5/h17-18H,6-16H2,1-5H3,(H,23,28)(H,24,25)(H,26,27)/t17-,18-/m0/s1. The summed E-state index contributed by atoms with van der Waals surface area (Å²) in [6.45, 7) is 8.89. The number of nitrogens with one attached hydrogen (secondary N) is 2. The van der Waals surface area contributed by atoms with E-state index in [2.05, 4.69) is 17.6 Å². The zero-order valence-electron chi connectivity index (χ0n) is 19.0. The molecule has 0 saturated carbocycles. The summed E-state index contributed by atoms with van der Waals surface area (Å²) >= 11 is 0. The highest BCUT2D eigenvalue weighted by Gasteiger charge is 2.25. The Kier molecular flexibility index (Phi) is 14.2. The Balaban J connectivity index is 4.08. The first-order valence-electron chi connectivity index (χ1n) is 11.1. The number of alkyl carbamates (subject to hydrolysis) is 1. The van der Waals surface area contributed by atoms with E-state index in [-0.39, 0.29) is 0 Å². The molecule has 170 valence electrons. The van der Waals surface area contributed by atoms with Crippen LogP contribution < -0.4 is 10.6 Å². The first-order valence-corrected chi connectivity index (χ1v) is 11.1. The van der Waals surface area contributed by atoms with Crippen molar-refractivity contribution >= 4 is 18.0 Å². The van der Waals surface area contributed by atoms with Gasteiger partial charge in [-0.1, -0.05) is 71.1 Å². The molecule has 29 heavy (non-hydrogen) atoms. The zero-order chi connectivity index (χ0) is 22.3. The molecule has 0 saturated heterocycles. The predicted molar refractivity (Wildman–Crippen MR) is 115 cm³/mol. The normalized spacial score (nSPS) is 13.4. The highest BCUT2D eigenvalue weighted by atomic mass is 16.6. The van der Waals surface area contributed by atoms with Crippen molar-refractivity contribution in [1.29, 1.82) is 0 Å². The summed E-state index contributed by atoms with van der Waals surface area (Å²) in [5.41, 5.74) is -0.667. The number of amides is 2. The lowest BCUT2D eigenvalue weighted by Crippen LogP contribution is -2.51. The number of rotatable bonds is 15. The van der Waals surface area contributed by atoms with Gasteiger partial charge in [0.1, 0.15) is 17.7 Å². The van der Waals surface area contributed by atoms with Crippen molar-refractivity contribution in [2.75, 3.05) is 0 Å². The molecule has 7 heteroatoms. The summed E-state index contributed by atoms with van der Waals surface area (Å²) < 4.78 is 5.10. The topological polar surface area (TPSA) is 105 Å². The fraction of sp³-hybridized carbons (Fsp3) is 0.864. The Morgan fingerprint density at radius 2 is 1.34 bits per heavy atom. The lowest BCUT2D eigenvalue weighted by molar-refractivity contribution is -0.142. The molecule has 0 unspecified atom stereocenters. The van der Waals surface area contributed by atoms with Gasteiger partial charge in [-0.2, -0.15) is 0 Å². The number of hydrogen-bond acceptors (Lipinski definition) is 4. The second-order valence-corrected chi connectivity index (χ2v) is 8.74. The number of ether oxygens (including phenoxy) is 1. The van der Waals surface area contributed by atoms with Gasteiger partial charge < -0.3 is 20.5 Å². The van der Waals surface area contributed by atoms with Crippen LogP contribution >= 0.6 is 0 Å². The second-order valence-electron chi connectivity index (χ2n) is 8.74. The Bertz CT molecular complexity index is 488. The van der Waals surface area contributed by atoms with Crippen molar-refractivity contribution < 1.29 is 24.2 Å². The Labute approximate surface area is 176 Å². The number of carboxylic acids is 1. The summed E-state index contributed by atoms with van der Waals surface area (Å²) in [6.07, 6.45) is 11.4. The number of unbranched alkanes of at least 4 members (excludes halogenated alkanes) is 9. The molecule has 7 nitrogen and oxygen atoms in total. The van der Waals surface area contributed by atoms with Crippen LogP contribution in [0.2, 0.25) is 0 Å². The van der Waals surface area contributed by atoms with E-state index in [1.165, 1.54) is 51.9 Å². The number of hydrogen-bond donors (Lipinski definition) is 3. The van der Waals surface area contributed by atoms with Crippen LogP contribution in [0.4, 0.5) is 4.79 Å². The van der Waals surface area contributed by atoms with Gasteiger partial charge in [-0.25, -0.2) is 9.59 Å². The Hall–Kier alpha value is -1.79. The molecule has 0 heterocycles. The molecular formula is C22H42N2O5. The maximum Gasteiger partial charge on any atom is 0.408 e. The third-order valence-electron chi connectivity index (χ3n) is 4.59. The molecule has 0 radical (unpaired) electrons. The van der Waals surface area contributed by atoms with Gasteiger partial charge in [-0.3, -0.25) is 4.79 Å². The molecule has 0 aliphatic carbocycles. The number of carboxylic acid groups (broad SMARTS) is 1. The van der Waals surface area contributed by atoms with Crippen molar-refractivity contribution in [3.63, 3.8) is 0 Å². The molecule has 0 rings (SSSR count). The second kappa shape index (κ2) is 15.1. The van der Waals surface area contributed by atoms with Crippen LogP contribution in [-0.2, 0) is 14.3 Å². The smallest absolute Gasteiger partial charge is 0.408 e. The third kappa shape index (κ3) is 15.8. The highest BCUT2D eigenvalue weighted by Crippen LogP contribution is 2.12. The third-order valence-corrected chi connectivity index (χ3v) is 4.59. The fourth-order valence-corrected chi connectivity index (χ4v) is 2.94. The van der Waals surface area contributed by atoms with E-state index < -0.39 is 35.7 Å². The van der Waals surface area contributed by atoms with Crippen LogP contribution in [0.3, 0.4) is 0 Å². The molecule has 2 amide bonds. The van der Waals surface area contributed by atoms with E-state index >= 15 is 0 Å². The summed E-state index contributed by atoms with van der Waals surface area (Å²) in [4.78, 5) is 35.4. The maximum absolute atomic E-state index is 12.2. The molecule has 0 fully saturated rings. The highest BCUT2D eigenvalue weighted by molar-refractivity contribution is 5.88. The number of aliphatic carboxylic acids is 1. The van der Waals surface area contributed by atoms with E-state index in [1.807, 2.05) is 0 Å². The van der Waals surface area contributed by atoms with Gasteiger partial charge in [0.05, 0.1) is 0 Å². The molecule has 0 aromatic rings. The van der Waals surface area contributed by atoms with Crippen molar-refractivity contribution in [1.82, 2.24) is 10.6 Å². The van der Waals surface area contributed by atoms with Gasteiger partial charge >= 0.3 is 12.1 Å². The van der Waals surface area contributed by atoms with E-state index in [1.54, 1.807) is 20.8 Å². The Morgan fingerprint density at radius 1 is 0.862 bits per heavy atom. The average molecular weight is 415 g/mol. The first kappa shape index (κ1) is 27.2. The van der Waals surface area contributed by atoms with Gasteiger partial charge in [-0.15, -0.1) is 0 Å². The SMILES string of the molecule is CCCCCCCCCCCC[C@H](NC(=O)[C@H](C)NC(=O)OC(C)(C)C)C(=O)O. The lowest BCUT2D eigenvalue weighted by atomic mass is 10.0. The predicted octanol–water partition coefficient (Wildman–Crippen LogP) is 4.78. The van der Waals surface area contributed by atoms with Crippen LogP contribution in [0.15, 0.2) is 0 Å². The maximum atomic E-state index is 12.2. The van der Waals surface area contributed by atoms with Gasteiger partial charge in [0, 0.05) is 0 Å². The van der Waals surface area contributed by atoms with Crippen LogP contribution in [0.1, 0.15) is 105 Å². The average Bonchev–Trinajstić information content (AvgIpc) is 2.60. The summed E-state index contributed by atoms with van der Waals surface area (Å²) in [5.74, 6) is -1.59. The largest absolute Gasteiger partial charge is 0.480 e. The first-order chi connectivity index (χ1) is 13.6. The zero-order valence-corrected chi connectivity index (χ0v) is 19.0. The van der Waals surface area contributed by atoms with Crippen molar-refractivity contribution in [2.24, 2.45) is 0 Å². The minimum atomic E-state index is -1.06. The minimum Gasteiger partial charge on any atom is -0.480 e. The molecule has 0 aliphatic rings. The lowest BCUT2D eigenvalue weighted by Gasteiger charge is -2.22. The number of carbonyl (C=O) groups is 3. The monoisotopic (exact) mass is 414 g/mol. The van der Waals surface area contributed by atoms with Crippen LogP contribution in [0.25, 0.3) is 0 Å². The van der Waals surface area contributed by atoms with E-state index in [4.69, 9.17) is 4.74 Å². The van der Waals surface area contributed by atoms with E-state index in [0.29, 0.717) is 6.42 Å². The molecule has 3 N–H and O–H groups in total. The van der Waals surface area contributed by atoms with Crippen LogP contribution in [0.5, 0.6) is 0 Å². The minimum absolute atomic E-state index is 0.386. The van der Waals surface area contributed by atoms with E-state index in [9.17, 15) is 19.5 Å². The van der Waals surface area contributed by atoms with Gasteiger partial charge in [0.25, 0.3) is 0 Å². The fourth-order valence-electron chi connectivity index (χ4n) is 2.94.